The number of rotatable bonds is 9. The van der Waals surface area contributed by atoms with E-state index in [1.807, 2.05) is 26.1 Å². The molecule has 7 heteroatoms. The molecule has 0 saturated carbocycles. The summed E-state index contributed by atoms with van der Waals surface area (Å²) in [5.41, 5.74) is 10.9. The minimum Gasteiger partial charge on any atom is -0.402 e. The molecule has 6 nitrogen and oxygen atoms in total. The molecule has 1 aliphatic carbocycles. The summed E-state index contributed by atoms with van der Waals surface area (Å²) in [5, 5.41) is 3.80. The maximum atomic E-state index is 6.20. The zero-order valence-electron chi connectivity index (χ0n) is 21.7. The fourth-order valence-corrected chi connectivity index (χ4v) is 5.43. The summed E-state index contributed by atoms with van der Waals surface area (Å²) in [4.78, 5) is 14.2. The molecule has 1 aromatic rings. The van der Waals surface area contributed by atoms with Crippen molar-refractivity contribution >= 4 is 17.6 Å². The number of nitrogens with one attached hydrogen (secondary N) is 1. The Morgan fingerprint density at radius 1 is 1.29 bits per heavy atom. The second-order valence-corrected chi connectivity index (χ2v) is 10.1. The van der Waals surface area contributed by atoms with Gasteiger partial charge in [-0.05, 0) is 57.1 Å². The van der Waals surface area contributed by atoms with Gasteiger partial charge in [0.05, 0.1) is 17.5 Å². The molecule has 3 N–H and O–H groups in total. The molecule has 0 radical (unpaired) electrons. The van der Waals surface area contributed by atoms with Crippen LogP contribution in [0.4, 0.5) is 5.82 Å². The Bertz CT molecular complexity index is 938. The lowest BCUT2D eigenvalue weighted by Crippen LogP contribution is -2.49. The van der Waals surface area contributed by atoms with Crippen LogP contribution in [-0.4, -0.2) is 53.3 Å². The minimum absolute atomic E-state index is 0.137. The summed E-state index contributed by atoms with van der Waals surface area (Å²) in [6.07, 6.45) is 14.0. The second kappa shape index (κ2) is 12.3. The predicted molar refractivity (Wildman–Crippen MR) is 146 cm³/mol. The molecule has 34 heavy (non-hydrogen) atoms. The van der Waals surface area contributed by atoms with Gasteiger partial charge in [0.25, 0.3) is 0 Å². The van der Waals surface area contributed by atoms with Crippen molar-refractivity contribution in [1.82, 2.24) is 20.2 Å². The molecule has 0 spiro atoms. The van der Waals surface area contributed by atoms with E-state index in [1.165, 1.54) is 11.4 Å². The highest BCUT2D eigenvalue weighted by molar-refractivity contribution is 7.97. The number of hydrogen-bond donors (Lipinski definition) is 2. The molecule has 0 amide bonds. The molecule has 3 atom stereocenters. The van der Waals surface area contributed by atoms with Crippen LogP contribution in [-0.2, 0) is 5.75 Å². The van der Waals surface area contributed by atoms with Crippen molar-refractivity contribution in [1.29, 1.82) is 0 Å². The largest absolute Gasteiger partial charge is 0.402 e. The maximum Gasteiger partial charge on any atom is 0.140 e. The van der Waals surface area contributed by atoms with Gasteiger partial charge in [-0.1, -0.05) is 32.1 Å². The van der Waals surface area contributed by atoms with Gasteiger partial charge in [-0.15, -0.1) is 0 Å². The summed E-state index contributed by atoms with van der Waals surface area (Å²) in [6, 6.07) is 2.18. The smallest absolute Gasteiger partial charge is 0.140 e. The summed E-state index contributed by atoms with van der Waals surface area (Å²) < 4.78 is 0. The van der Waals surface area contributed by atoms with Gasteiger partial charge in [0.2, 0.25) is 0 Å². The van der Waals surface area contributed by atoms with E-state index >= 15 is 0 Å². The third kappa shape index (κ3) is 6.17. The maximum absolute atomic E-state index is 6.20. The topological polar surface area (TPSA) is 70.3 Å². The third-order valence-electron chi connectivity index (χ3n) is 6.88. The van der Waals surface area contributed by atoms with Gasteiger partial charge in [-0.2, -0.15) is 11.8 Å². The Labute approximate surface area is 210 Å². The molecule has 1 fully saturated rings. The van der Waals surface area contributed by atoms with E-state index in [-0.39, 0.29) is 6.04 Å². The van der Waals surface area contributed by atoms with Crippen LogP contribution in [0.25, 0.3) is 0 Å². The quantitative estimate of drug-likeness (QED) is 0.495. The second-order valence-electron chi connectivity index (χ2n) is 9.26. The number of nitrogens with two attached hydrogens (primary N) is 1. The lowest BCUT2D eigenvalue weighted by Gasteiger charge is -2.43. The molecule has 186 valence electrons. The SMILES string of the molecule is C/C=C\C(=C(\C)N)C(C)NC1=C(N2CCN(c3ccnc(CSC)n3)CC2)C(C)C(CC)C=C1. The van der Waals surface area contributed by atoms with Gasteiger partial charge in [-0.3, -0.25) is 0 Å². The van der Waals surface area contributed by atoms with E-state index in [0.717, 1.165) is 61.3 Å². The number of piperazine rings is 1. The number of hydrogen-bond acceptors (Lipinski definition) is 7. The predicted octanol–water partition coefficient (Wildman–Crippen LogP) is 4.69. The van der Waals surface area contributed by atoms with Gasteiger partial charge in [0, 0.05) is 49.7 Å². The number of thioether (sulfide) groups is 1. The van der Waals surface area contributed by atoms with E-state index in [1.54, 1.807) is 11.8 Å². The fraction of sp³-hybridized carbons (Fsp3) is 0.556. The van der Waals surface area contributed by atoms with Crippen molar-refractivity contribution in [2.75, 3.05) is 37.3 Å². The molecule has 3 rings (SSSR count). The highest BCUT2D eigenvalue weighted by Gasteiger charge is 2.31. The normalized spacial score (nSPS) is 22.9. The van der Waals surface area contributed by atoms with Crippen LogP contribution < -0.4 is 16.0 Å². The molecule has 1 aromatic heterocycles. The van der Waals surface area contributed by atoms with Crippen LogP contribution in [0.15, 0.2) is 59.2 Å². The van der Waals surface area contributed by atoms with E-state index < -0.39 is 0 Å². The van der Waals surface area contributed by atoms with Gasteiger partial charge in [0.15, 0.2) is 0 Å². The Morgan fingerprint density at radius 2 is 2.00 bits per heavy atom. The number of nitrogens with zero attached hydrogens (tertiary/aromatic N) is 4. The van der Waals surface area contributed by atoms with Gasteiger partial charge in [0.1, 0.15) is 11.6 Å². The van der Waals surface area contributed by atoms with Crippen molar-refractivity contribution in [2.24, 2.45) is 17.6 Å². The van der Waals surface area contributed by atoms with Crippen LogP contribution in [0.2, 0.25) is 0 Å². The molecule has 0 bridgehead atoms. The van der Waals surface area contributed by atoms with E-state index in [4.69, 9.17) is 10.7 Å². The van der Waals surface area contributed by atoms with Crippen LogP contribution in [0.1, 0.15) is 46.9 Å². The third-order valence-corrected chi connectivity index (χ3v) is 7.43. The van der Waals surface area contributed by atoms with Crippen LogP contribution in [0.3, 0.4) is 0 Å². The van der Waals surface area contributed by atoms with Crippen LogP contribution >= 0.6 is 11.8 Å². The molecular formula is C27H42N6S. The average Bonchev–Trinajstić information content (AvgIpc) is 2.83. The molecule has 0 aromatic carbocycles. The first-order valence-electron chi connectivity index (χ1n) is 12.5. The zero-order valence-corrected chi connectivity index (χ0v) is 22.5. The average molecular weight is 483 g/mol. The summed E-state index contributed by atoms with van der Waals surface area (Å²) in [5.74, 6) is 3.83. The lowest BCUT2D eigenvalue weighted by atomic mass is 9.83. The first kappa shape index (κ1) is 26.2. The van der Waals surface area contributed by atoms with Crippen LogP contribution in [0.5, 0.6) is 0 Å². The van der Waals surface area contributed by atoms with Crippen molar-refractivity contribution in [3.05, 3.63) is 65.1 Å². The Kier molecular flexibility index (Phi) is 9.51. The lowest BCUT2D eigenvalue weighted by molar-refractivity contribution is 0.258. The fourth-order valence-electron chi connectivity index (χ4n) is 5.04. The van der Waals surface area contributed by atoms with E-state index in [0.29, 0.717) is 11.8 Å². The Morgan fingerprint density at radius 3 is 2.62 bits per heavy atom. The Hall–Kier alpha value is -2.41. The first-order chi connectivity index (χ1) is 16.4. The summed E-state index contributed by atoms with van der Waals surface area (Å²) in [7, 11) is 0. The minimum atomic E-state index is 0.137. The van der Waals surface area contributed by atoms with E-state index in [9.17, 15) is 0 Å². The highest BCUT2D eigenvalue weighted by atomic mass is 32.2. The molecule has 2 aliphatic rings. The van der Waals surface area contributed by atoms with Crippen molar-refractivity contribution < 1.29 is 0 Å². The first-order valence-corrected chi connectivity index (χ1v) is 13.9. The number of allylic oxidation sites excluding steroid dienone is 5. The molecule has 1 saturated heterocycles. The molecule has 1 aliphatic heterocycles. The van der Waals surface area contributed by atoms with Crippen molar-refractivity contribution in [2.45, 2.75) is 52.8 Å². The van der Waals surface area contributed by atoms with Crippen molar-refractivity contribution in [3.63, 3.8) is 0 Å². The van der Waals surface area contributed by atoms with Gasteiger partial charge >= 0.3 is 0 Å². The Balaban J connectivity index is 1.81. The molecular weight excluding hydrogens is 440 g/mol. The molecule has 2 heterocycles. The van der Waals surface area contributed by atoms with Gasteiger partial charge in [-0.25, -0.2) is 9.97 Å². The van der Waals surface area contributed by atoms with Crippen molar-refractivity contribution in [3.8, 4) is 0 Å². The summed E-state index contributed by atoms with van der Waals surface area (Å²) >= 11 is 1.76. The summed E-state index contributed by atoms with van der Waals surface area (Å²) in [6.45, 7) is 14.8. The zero-order chi connectivity index (χ0) is 24.7. The van der Waals surface area contributed by atoms with Gasteiger partial charge < -0.3 is 20.9 Å². The van der Waals surface area contributed by atoms with E-state index in [2.05, 4.69) is 71.4 Å². The monoisotopic (exact) mass is 482 g/mol. The highest BCUT2D eigenvalue weighted by Crippen LogP contribution is 2.34. The number of anilines is 1. The number of aromatic nitrogens is 2. The standard InChI is InChI=1S/C27H42N6S/c1-7-9-23(20(4)28)21(5)30-24-11-10-22(8-2)19(3)27(24)33-16-14-32(15-17-33)26-12-13-29-25(31-26)18-34-6/h7,9-13,19,21-22,30H,8,14-18,28H2,1-6H3/b9-7-,23-20+. The van der Waals surface area contributed by atoms with Crippen LogP contribution in [0, 0.1) is 11.8 Å². The molecule has 3 unspecified atom stereocenters.